The first-order valence-corrected chi connectivity index (χ1v) is 15.0. The Morgan fingerprint density at radius 3 is 1.74 bits per heavy atom. The van der Waals surface area contributed by atoms with Gasteiger partial charge in [0.15, 0.2) is 9.84 Å². The van der Waals surface area contributed by atoms with Crippen LogP contribution in [0.5, 0.6) is 0 Å². The Morgan fingerprint density at radius 1 is 0.767 bits per heavy atom. The van der Waals surface area contributed by atoms with Crippen molar-refractivity contribution in [3.8, 4) is 0 Å². The molecule has 1 aliphatic heterocycles. The molecule has 5 nitrogen and oxygen atoms in total. The Hall–Kier alpha value is -3.03. The first kappa shape index (κ1) is 31.4. The number of ketones is 1. The summed E-state index contributed by atoms with van der Waals surface area (Å²) in [5.41, 5.74) is -9.27. The molecule has 2 aromatic rings. The molecule has 234 valence electrons. The van der Waals surface area contributed by atoms with Gasteiger partial charge in [-0.3, -0.25) is 9.59 Å². The van der Waals surface area contributed by atoms with Gasteiger partial charge in [-0.05, 0) is 75.3 Å². The molecule has 0 aromatic heterocycles. The number of alkyl halides is 7. The molecule has 1 amide bonds. The maximum Gasteiger partial charge on any atom is 0.435 e. The van der Waals surface area contributed by atoms with Crippen LogP contribution < -0.4 is 0 Å². The number of fused-ring (bicyclic) bond motifs is 2. The molecule has 0 radical (unpaired) electrons. The fourth-order valence-electron chi connectivity index (χ4n) is 7.21. The van der Waals surface area contributed by atoms with Gasteiger partial charge in [-0.2, -0.15) is 26.3 Å². The van der Waals surface area contributed by atoms with E-state index in [1.807, 2.05) is 0 Å². The van der Waals surface area contributed by atoms with E-state index in [1.54, 1.807) is 0 Å². The lowest BCUT2D eigenvalue weighted by molar-refractivity contribution is -0.348. The zero-order valence-electron chi connectivity index (χ0n) is 22.8. The van der Waals surface area contributed by atoms with E-state index in [0.29, 0.717) is 44.2 Å². The summed E-state index contributed by atoms with van der Waals surface area (Å²) in [7, 11) is -4.56. The van der Waals surface area contributed by atoms with Crippen molar-refractivity contribution >= 4 is 21.5 Å². The predicted octanol–water partition coefficient (Wildman–Crippen LogP) is 6.56. The highest BCUT2D eigenvalue weighted by Gasteiger charge is 2.73. The van der Waals surface area contributed by atoms with Gasteiger partial charge < -0.3 is 4.90 Å². The van der Waals surface area contributed by atoms with E-state index in [9.17, 15) is 53.1 Å². The number of carbonyl (C=O) groups excluding carboxylic acids is 2. The Kier molecular flexibility index (Phi) is 7.11. The van der Waals surface area contributed by atoms with Gasteiger partial charge in [-0.1, -0.05) is 24.3 Å². The first-order valence-electron chi connectivity index (χ1n) is 13.5. The Balaban J connectivity index is 1.57. The third kappa shape index (κ3) is 4.49. The summed E-state index contributed by atoms with van der Waals surface area (Å²) in [5, 5.41) is 0. The molecule has 0 N–H and O–H groups in total. The summed E-state index contributed by atoms with van der Waals surface area (Å²) in [6, 6.07) is 5.58. The zero-order chi connectivity index (χ0) is 31.9. The molecule has 0 spiro atoms. The van der Waals surface area contributed by atoms with Crippen LogP contribution in [0.15, 0.2) is 53.4 Å². The normalized spacial score (nSPS) is 28.0. The van der Waals surface area contributed by atoms with Crippen LogP contribution in [0.2, 0.25) is 0 Å². The number of hydrogen-bond acceptors (Lipinski definition) is 4. The first-order chi connectivity index (χ1) is 19.7. The molecule has 1 atom stereocenters. The maximum atomic E-state index is 14.7. The predicted molar refractivity (Wildman–Crippen MR) is 136 cm³/mol. The monoisotopic (exact) mass is 637 g/mol. The van der Waals surface area contributed by atoms with Crippen LogP contribution in [0, 0.1) is 16.6 Å². The number of carbonyl (C=O) groups is 2. The molecule has 43 heavy (non-hydrogen) atoms. The summed E-state index contributed by atoms with van der Waals surface area (Å²) in [5.74, 6) is -1.16. The Bertz CT molecular complexity index is 1530. The highest BCUT2D eigenvalue weighted by atomic mass is 32.2. The van der Waals surface area contributed by atoms with E-state index in [1.165, 1.54) is 11.8 Å². The number of Topliss-reactive ketones (excluding diaryl/α,β-unsaturated/α-hetero) is 1. The van der Waals surface area contributed by atoms with Crippen LogP contribution in [0.4, 0.5) is 35.1 Å². The maximum absolute atomic E-state index is 14.7. The van der Waals surface area contributed by atoms with Crippen molar-refractivity contribution in [1.29, 1.82) is 0 Å². The lowest BCUT2D eigenvalue weighted by atomic mass is 9.79. The van der Waals surface area contributed by atoms with Gasteiger partial charge in [-0.15, -0.1) is 0 Å². The van der Waals surface area contributed by atoms with E-state index in [0.717, 1.165) is 24.3 Å². The van der Waals surface area contributed by atoms with Gasteiger partial charge in [0.05, 0.1) is 10.3 Å². The fraction of sp³-hybridized carbons (Fsp3) is 0.517. The fourth-order valence-corrected chi connectivity index (χ4v) is 9.28. The van der Waals surface area contributed by atoms with E-state index in [4.69, 9.17) is 0 Å². The average molecular weight is 638 g/mol. The topological polar surface area (TPSA) is 71.5 Å². The molecule has 0 unspecified atom stereocenters. The smallest absolute Gasteiger partial charge is 0.340 e. The number of benzene rings is 2. The summed E-state index contributed by atoms with van der Waals surface area (Å²) >= 11 is 0. The highest BCUT2D eigenvalue weighted by molar-refractivity contribution is 7.92. The van der Waals surface area contributed by atoms with E-state index in [-0.39, 0.29) is 47.2 Å². The average Bonchev–Trinajstić information content (AvgIpc) is 3.66. The van der Waals surface area contributed by atoms with E-state index in [2.05, 4.69) is 0 Å². The molecule has 2 bridgehead atoms. The number of sulfone groups is 1. The third-order valence-electron chi connectivity index (χ3n) is 9.79. The molecule has 2 aliphatic carbocycles. The quantitative estimate of drug-likeness (QED) is 0.266. The van der Waals surface area contributed by atoms with Crippen LogP contribution in [0.3, 0.4) is 0 Å². The Morgan fingerprint density at radius 2 is 1.28 bits per heavy atom. The molecule has 1 saturated heterocycles. The minimum Gasteiger partial charge on any atom is -0.340 e. The van der Waals surface area contributed by atoms with Gasteiger partial charge in [0, 0.05) is 24.1 Å². The number of hydrogen-bond donors (Lipinski definition) is 0. The minimum absolute atomic E-state index is 0.0314. The van der Waals surface area contributed by atoms with Crippen LogP contribution in [0.1, 0.15) is 56.6 Å². The molecule has 3 aliphatic rings. The van der Waals surface area contributed by atoms with E-state index < -0.39 is 61.4 Å². The third-order valence-corrected chi connectivity index (χ3v) is 12.3. The van der Waals surface area contributed by atoms with Crippen LogP contribution >= 0.6 is 0 Å². The molecular formula is C29H27F8NO4S. The molecule has 2 saturated carbocycles. The number of nitrogens with zero attached hydrogens (tertiary/aromatic N) is 1. The number of rotatable bonds is 6. The second-order valence-corrected chi connectivity index (χ2v) is 14.2. The van der Waals surface area contributed by atoms with Crippen molar-refractivity contribution in [1.82, 2.24) is 4.90 Å². The standard InChI is InChI=1S/C29H27F8NO4S/c1-18(39)24-10-12-25(16-24,13-11-24)23(40)38-15-14-26(17-38,43(41,42)22-8-6-21(30)7-9-22)19-2-4-20(5-3-19)27(31,28(32,33)34)29(35,36)37/h2-9H,10-17H2,1H3/t24-,25+,26-/m0/s1. The van der Waals surface area contributed by atoms with Gasteiger partial charge in [-0.25, -0.2) is 17.2 Å². The SMILES string of the molecule is CC(=O)[C@]12CC[C@](C(=O)N3CC[C@](c4ccc(C(F)(C(F)(F)F)C(F)(F)F)cc4)(S(=O)(=O)c4ccc(F)cc4)C3)(CC1)C2. The second kappa shape index (κ2) is 9.73. The van der Waals surface area contributed by atoms with Crippen molar-refractivity contribution in [3.05, 3.63) is 65.5 Å². The Labute approximate surface area is 242 Å². The summed E-state index contributed by atoms with van der Waals surface area (Å²) in [4.78, 5) is 27.2. The van der Waals surface area contributed by atoms with Crippen molar-refractivity contribution in [3.63, 3.8) is 0 Å². The highest BCUT2D eigenvalue weighted by Crippen LogP contribution is 2.63. The number of likely N-dealkylation sites (tertiary alicyclic amines) is 1. The van der Waals surface area contributed by atoms with E-state index >= 15 is 0 Å². The van der Waals surface area contributed by atoms with Crippen LogP contribution in [0.25, 0.3) is 0 Å². The van der Waals surface area contributed by atoms with Gasteiger partial charge in [0.2, 0.25) is 5.91 Å². The summed E-state index contributed by atoms with van der Waals surface area (Å²) < 4.78 is 135. The molecule has 1 heterocycles. The lowest BCUT2D eigenvalue weighted by Gasteiger charge is -2.34. The van der Waals surface area contributed by atoms with Gasteiger partial charge in [0.1, 0.15) is 16.3 Å². The summed E-state index contributed by atoms with van der Waals surface area (Å²) in [6.45, 7) is 0.850. The van der Waals surface area contributed by atoms with Crippen molar-refractivity contribution in [2.75, 3.05) is 13.1 Å². The molecule has 5 rings (SSSR count). The van der Waals surface area contributed by atoms with Crippen molar-refractivity contribution in [2.24, 2.45) is 10.8 Å². The van der Waals surface area contributed by atoms with Gasteiger partial charge in [0.25, 0.3) is 0 Å². The van der Waals surface area contributed by atoms with Crippen molar-refractivity contribution in [2.45, 2.75) is 73.1 Å². The minimum atomic E-state index is -6.36. The molecule has 14 heteroatoms. The zero-order valence-corrected chi connectivity index (χ0v) is 23.6. The number of amides is 1. The largest absolute Gasteiger partial charge is 0.435 e. The lowest BCUT2D eigenvalue weighted by Crippen LogP contribution is -2.50. The van der Waals surface area contributed by atoms with Crippen molar-refractivity contribution < 1.29 is 53.1 Å². The molecular weight excluding hydrogens is 610 g/mol. The van der Waals surface area contributed by atoms with Crippen LogP contribution in [-0.4, -0.2) is 50.5 Å². The van der Waals surface area contributed by atoms with Gasteiger partial charge >= 0.3 is 18.0 Å². The number of halogens is 8. The molecule has 3 fully saturated rings. The molecule has 2 aromatic carbocycles. The second-order valence-electron chi connectivity index (χ2n) is 12.0. The summed E-state index contributed by atoms with van der Waals surface area (Å²) in [6.07, 6.45) is -10.9. The van der Waals surface area contributed by atoms with Crippen LogP contribution in [-0.2, 0) is 29.8 Å².